The van der Waals surface area contributed by atoms with Crippen LogP contribution in [0.3, 0.4) is 0 Å². The van der Waals surface area contributed by atoms with Gasteiger partial charge in [0.1, 0.15) is 0 Å². The molecule has 1 aromatic rings. The Morgan fingerprint density at radius 2 is 1.79 bits per heavy atom. The molecule has 0 radical (unpaired) electrons. The van der Waals surface area contributed by atoms with Gasteiger partial charge in [0.05, 0.1) is 5.92 Å². The predicted molar refractivity (Wildman–Crippen MR) is 50.9 cm³/mol. The highest BCUT2D eigenvalue weighted by Crippen LogP contribution is 2.38. The van der Waals surface area contributed by atoms with E-state index in [1.54, 1.807) is 0 Å². The molecule has 0 bridgehead atoms. The summed E-state index contributed by atoms with van der Waals surface area (Å²) in [6.07, 6.45) is -4.30. The second kappa shape index (κ2) is 3.99. The first-order valence-electron chi connectivity index (χ1n) is 3.84. The van der Waals surface area contributed by atoms with E-state index >= 15 is 0 Å². The molecule has 0 aliphatic rings. The van der Waals surface area contributed by atoms with Crippen molar-refractivity contribution in [1.82, 2.24) is 0 Å². The van der Waals surface area contributed by atoms with Crippen molar-refractivity contribution in [3.05, 3.63) is 33.8 Å². The van der Waals surface area contributed by atoms with Gasteiger partial charge >= 0.3 is 6.18 Å². The van der Waals surface area contributed by atoms with Crippen LogP contribution in [0.2, 0.25) is 10.0 Å². The Labute approximate surface area is 89.6 Å². The largest absolute Gasteiger partial charge is 0.395 e. The topological polar surface area (TPSA) is 0 Å². The van der Waals surface area contributed by atoms with E-state index in [1.807, 2.05) is 0 Å². The second-order valence-electron chi connectivity index (χ2n) is 2.93. The fourth-order valence-corrected chi connectivity index (χ4v) is 1.48. The molecular formula is C9H7Cl2F3. The Morgan fingerprint density at radius 1 is 1.21 bits per heavy atom. The first-order chi connectivity index (χ1) is 6.32. The highest BCUT2D eigenvalue weighted by atomic mass is 35.5. The molecule has 0 fully saturated rings. The van der Waals surface area contributed by atoms with E-state index in [4.69, 9.17) is 23.2 Å². The van der Waals surface area contributed by atoms with Crippen molar-refractivity contribution < 1.29 is 13.2 Å². The minimum absolute atomic E-state index is 0.00617. The summed E-state index contributed by atoms with van der Waals surface area (Å²) < 4.78 is 37.0. The molecule has 0 N–H and O–H groups in total. The van der Waals surface area contributed by atoms with Crippen LogP contribution in [0.25, 0.3) is 0 Å². The van der Waals surface area contributed by atoms with Crippen molar-refractivity contribution in [2.24, 2.45) is 0 Å². The summed E-state index contributed by atoms with van der Waals surface area (Å²) >= 11 is 11.2. The normalized spacial score (nSPS) is 14.1. The van der Waals surface area contributed by atoms with Crippen LogP contribution in [0.15, 0.2) is 18.2 Å². The second-order valence-corrected chi connectivity index (χ2v) is 3.77. The van der Waals surface area contributed by atoms with Crippen LogP contribution in [0.4, 0.5) is 13.2 Å². The zero-order valence-corrected chi connectivity index (χ0v) is 8.71. The third-order valence-corrected chi connectivity index (χ3v) is 2.49. The summed E-state index contributed by atoms with van der Waals surface area (Å²) in [4.78, 5) is 0. The summed E-state index contributed by atoms with van der Waals surface area (Å²) in [7, 11) is 0. The van der Waals surface area contributed by atoms with E-state index in [9.17, 15) is 13.2 Å². The zero-order chi connectivity index (χ0) is 10.9. The lowest BCUT2D eigenvalue weighted by Gasteiger charge is -2.17. The number of halogens is 5. The van der Waals surface area contributed by atoms with Crippen LogP contribution in [-0.2, 0) is 0 Å². The number of hydrogen-bond acceptors (Lipinski definition) is 0. The van der Waals surface area contributed by atoms with Crippen molar-refractivity contribution in [2.75, 3.05) is 0 Å². The van der Waals surface area contributed by atoms with Crippen molar-refractivity contribution in [2.45, 2.75) is 19.0 Å². The number of alkyl halides is 3. The third-order valence-electron chi connectivity index (χ3n) is 1.92. The monoisotopic (exact) mass is 242 g/mol. The first-order valence-corrected chi connectivity index (χ1v) is 4.59. The lowest BCUT2D eigenvalue weighted by atomic mass is 10.0. The van der Waals surface area contributed by atoms with Crippen LogP contribution in [0, 0.1) is 0 Å². The molecule has 0 aliphatic carbocycles. The maximum absolute atomic E-state index is 12.3. The van der Waals surface area contributed by atoms with E-state index in [0.717, 1.165) is 6.92 Å². The summed E-state index contributed by atoms with van der Waals surface area (Å²) in [5, 5.41) is 0.333. The lowest BCUT2D eigenvalue weighted by Crippen LogP contribution is -2.17. The smallest absolute Gasteiger partial charge is 0.170 e. The van der Waals surface area contributed by atoms with Gasteiger partial charge in [0, 0.05) is 10.0 Å². The Bertz CT molecular complexity index is 333. The van der Waals surface area contributed by atoms with E-state index in [0.29, 0.717) is 0 Å². The molecule has 0 spiro atoms. The Morgan fingerprint density at radius 3 is 2.29 bits per heavy atom. The van der Waals surface area contributed by atoms with Crippen LogP contribution in [0.5, 0.6) is 0 Å². The summed E-state index contributed by atoms with van der Waals surface area (Å²) in [6, 6.07) is 4.06. The summed E-state index contributed by atoms with van der Waals surface area (Å²) in [5.41, 5.74) is 0.00617. The molecule has 78 valence electrons. The van der Waals surface area contributed by atoms with Gasteiger partial charge in [0.15, 0.2) is 0 Å². The molecule has 0 aliphatic heterocycles. The van der Waals surface area contributed by atoms with E-state index in [2.05, 4.69) is 0 Å². The van der Waals surface area contributed by atoms with E-state index < -0.39 is 12.1 Å². The van der Waals surface area contributed by atoms with Crippen molar-refractivity contribution >= 4 is 23.2 Å². The molecule has 0 amide bonds. The van der Waals surface area contributed by atoms with Gasteiger partial charge in [-0.05, 0) is 30.7 Å². The molecule has 14 heavy (non-hydrogen) atoms. The van der Waals surface area contributed by atoms with Gasteiger partial charge in [-0.25, -0.2) is 0 Å². The maximum atomic E-state index is 12.3. The standard InChI is InChI=1S/C9H7Cl2F3/c1-5(9(12,13)14)7-4-6(10)2-3-8(7)11/h2-5H,1H3. The number of rotatable bonds is 1. The van der Waals surface area contributed by atoms with Crippen LogP contribution in [-0.4, -0.2) is 6.18 Å². The minimum atomic E-state index is -4.30. The molecule has 1 unspecified atom stereocenters. The average Bonchev–Trinajstić information content (AvgIpc) is 2.06. The third kappa shape index (κ3) is 2.55. The quantitative estimate of drug-likeness (QED) is 0.672. The van der Waals surface area contributed by atoms with Crippen molar-refractivity contribution in [3.63, 3.8) is 0 Å². The highest BCUT2D eigenvalue weighted by Gasteiger charge is 2.38. The molecule has 0 saturated carbocycles. The molecule has 0 saturated heterocycles. The molecule has 0 aromatic heterocycles. The zero-order valence-electron chi connectivity index (χ0n) is 7.20. The fraction of sp³-hybridized carbons (Fsp3) is 0.333. The van der Waals surface area contributed by atoms with Crippen LogP contribution < -0.4 is 0 Å². The van der Waals surface area contributed by atoms with Gasteiger partial charge in [0.25, 0.3) is 0 Å². The van der Waals surface area contributed by atoms with Crippen molar-refractivity contribution in [1.29, 1.82) is 0 Å². The Kier molecular flexibility index (Phi) is 3.32. The molecule has 1 rings (SSSR count). The summed E-state index contributed by atoms with van der Waals surface area (Å²) in [6.45, 7) is 1.05. The first kappa shape index (κ1) is 11.7. The molecular weight excluding hydrogens is 236 g/mol. The van der Waals surface area contributed by atoms with Gasteiger partial charge in [-0.2, -0.15) is 13.2 Å². The Balaban J connectivity index is 3.12. The number of hydrogen-bond donors (Lipinski definition) is 0. The molecule has 0 nitrogen and oxygen atoms in total. The molecule has 5 heteroatoms. The van der Waals surface area contributed by atoms with Crippen molar-refractivity contribution in [3.8, 4) is 0 Å². The maximum Gasteiger partial charge on any atom is 0.395 e. The Hall–Kier alpha value is -0.410. The van der Waals surface area contributed by atoms with Gasteiger partial charge in [0.2, 0.25) is 0 Å². The SMILES string of the molecule is CC(c1cc(Cl)ccc1Cl)C(F)(F)F. The van der Waals surface area contributed by atoms with Crippen LogP contribution in [0.1, 0.15) is 18.4 Å². The van der Waals surface area contributed by atoms with E-state index in [1.165, 1.54) is 18.2 Å². The van der Waals surface area contributed by atoms with Gasteiger partial charge < -0.3 is 0 Å². The van der Waals surface area contributed by atoms with Gasteiger partial charge in [-0.3, -0.25) is 0 Å². The average molecular weight is 243 g/mol. The molecule has 0 heterocycles. The van der Waals surface area contributed by atoms with E-state index in [-0.39, 0.29) is 15.6 Å². The lowest BCUT2D eigenvalue weighted by molar-refractivity contribution is -0.146. The molecule has 1 atom stereocenters. The van der Waals surface area contributed by atoms with Crippen LogP contribution >= 0.6 is 23.2 Å². The fourth-order valence-electron chi connectivity index (χ4n) is 1.02. The van der Waals surface area contributed by atoms with Gasteiger partial charge in [-0.1, -0.05) is 23.2 Å². The summed E-state index contributed by atoms with van der Waals surface area (Å²) in [5.74, 6) is -1.60. The van der Waals surface area contributed by atoms with Gasteiger partial charge in [-0.15, -0.1) is 0 Å². The predicted octanol–water partition coefficient (Wildman–Crippen LogP) is 4.66. The highest BCUT2D eigenvalue weighted by molar-refractivity contribution is 6.33. The number of benzene rings is 1. The minimum Gasteiger partial charge on any atom is -0.170 e. The molecule has 1 aromatic carbocycles.